The van der Waals surface area contributed by atoms with Gasteiger partial charge < -0.3 is 5.32 Å². The lowest BCUT2D eigenvalue weighted by Gasteiger charge is -2.38. The number of rotatable bonds is 3. The average molecular weight is 311 g/mol. The molecule has 1 fully saturated rings. The number of imide groups is 1. The Labute approximate surface area is 126 Å². The molecule has 0 aliphatic carbocycles. The summed E-state index contributed by atoms with van der Waals surface area (Å²) in [6, 6.07) is 0.182. The Morgan fingerprint density at radius 1 is 1.43 bits per heavy atom. The van der Waals surface area contributed by atoms with Gasteiger partial charge in [-0.1, -0.05) is 5.64 Å². The molecule has 2 aliphatic heterocycles. The maximum Gasteiger partial charge on any atom is 0.266 e. The van der Waals surface area contributed by atoms with E-state index in [-0.39, 0.29) is 17.9 Å². The Balaban J connectivity index is 1.95. The largest absolute Gasteiger partial charge is 0.374 e. The number of anilines is 1. The van der Waals surface area contributed by atoms with Crippen LogP contribution in [0.1, 0.15) is 47.9 Å². The highest BCUT2D eigenvalue weighted by Crippen LogP contribution is 2.39. The summed E-state index contributed by atoms with van der Waals surface area (Å²) in [5, 5.41) is 5.65. The van der Waals surface area contributed by atoms with Gasteiger partial charge in [-0.25, -0.2) is 9.74 Å². The third-order valence-electron chi connectivity index (χ3n) is 3.52. The zero-order chi connectivity index (χ0) is 15.2. The molecular weight excluding hydrogens is 294 g/mol. The summed E-state index contributed by atoms with van der Waals surface area (Å²) >= 11 is 1.37. The van der Waals surface area contributed by atoms with Crippen molar-refractivity contribution in [3.8, 4) is 0 Å². The van der Waals surface area contributed by atoms with Gasteiger partial charge in [0.25, 0.3) is 11.8 Å². The van der Waals surface area contributed by atoms with Crippen molar-refractivity contribution in [3.05, 3.63) is 16.5 Å². The van der Waals surface area contributed by atoms with Crippen molar-refractivity contribution in [2.45, 2.75) is 39.0 Å². The molecule has 114 valence electrons. The van der Waals surface area contributed by atoms with Crippen LogP contribution in [0.4, 0.5) is 5.00 Å². The van der Waals surface area contributed by atoms with Gasteiger partial charge in [0.05, 0.1) is 17.7 Å². The van der Waals surface area contributed by atoms with Gasteiger partial charge in [-0.05, 0) is 20.8 Å². The summed E-state index contributed by atoms with van der Waals surface area (Å²) in [7, 11) is 0. The van der Waals surface area contributed by atoms with E-state index in [1.54, 1.807) is 12.3 Å². The van der Waals surface area contributed by atoms with Crippen LogP contribution in [-0.4, -0.2) is 35.1 Å². The summed E-state index contributed by atoms with van der Waals surface area (Å²) in [6.07, 6.45) is 0.415. The number of hydrogen-bond acceptors (Lipinski definition) is 7. The Hall–Kier alpha value is -1.48. The van der Waals surface area contributed by atoms with Gasteiger partial charge in [0.15, 0.2) is 5.72 Å². The topological polar surface area (TPSA) is 79.9 Å². The van der Waals surface area contributed by atoms with Gasteiger partial charge in [-0.15, -0.1) is 11.3 Å². The number of hydrogen-bond donors (Lipinski definition) is 2. The predicted molar refractivity (Wildman–Crippen MR) is 76.8 cm³/mol. The number of thiophene rings is 1. The fourth-order valence-electron chi connectivity index (χ4n) is 2.46. The molecule has 0 bridgehead atoms. The third-order valence-corrected chi connectivity index (χ3v) is 4.43. The predicted octanol–water partition coefficient (Wildman–Crippen LogP) is 1.74. The molecule has 2 amide bonds. The first-order valence-electron chi connectivity index (χ1n) is 6.76. The monoisotopic (exact) mass is 311 g/mol. The highest BCUT2D eigenvalue weighted by molar-refractivity contribution is 7.15. The quantitative estimate of drug-likeness (QED) is 0.828. The Morgan fingerprint density at radius 3 is 2.81 bits per heavy atom. The van der Waals surface area contributed by atoms with E-state index >= 15 is 0 Å². The molecule has 3 heterocycles. The summed E-state index contributed by atoms with van der Waals surface area (Å²) in [6.45, 7) is 6.02. The van der Waals surface area contributed by atoms with Crippen molar-refractivity contribution in [2.75, 3.05) is 11.9 Å². The minimum Gasteiger partial charge on any atom is -0.374 e. The maximum absolute atomic E-state index is 12.7. The second-order valence-electron chi connectivity index (χ2n) is 5.56. The molecule has 1 aromatic heterocycles. The van der Waals surface area contributed by atoms with E-state index in [0.29, 0.717) is 24.2 Å². The van der Waals surface area contributed by atoms with Crippen LogP contribution in [0.3, 0.4) is 0 Å². The molecule has 0 unspecified atom stereocenters. The van der Waals surface area contributed by atoms with Crippen LogP contribution in [0.2, 0.25) is 0 Å². The minimum absolute atomic E-state index is 0.182. The summed E-state index contributed by atoms with van der Waals surface area (Å²) in [4.78, 5) is 36.6. The number of carbonyl (C=O) groups is 2. The number of nitrogens with one attached hydrogen (secondary N) is 2. The fourth-order valence-corrected chi connectivity index (χ4v) is 3.53. The zero-order valence-corrected chi connectivity index (χ0v) is 12.9. The van der Waals surface area contributed by atoms with E-state index in [1.807, 2.05) is 13.8 Å². The van der Waals surface area contributed by atoms with Crippen LogP contribution in [-0.2, 0) is 9.68 Å². The number of fused-ring (bicyclic) bond motifs is 1. The standard InChI is InChI=1S/C13H17N3O4S/c1-7(2)14-10-9-8(6-21-10)11(17)16(12(9)18)13(3)4-5-19-15-20-13/h6-7,14-15H,4-5H2,1-3H3/t13-/m1/s1. The van der Waals surface area contributed by atoms with E-state index in [9.17, 15) is 9.59 Å². The first-order valence-corrected chi connectivity index (χ1v) is 7.64. The van der Waals surface area contributed by atoms with Gasteiger partial charge in [-0.2, -0.15) is 0 Å². The lowest BCUT2D eigenvalue weighted by atomic mass is 10.1. The Bertz CT molecular complexity index is 592. The molecule has 0 spiro atoms. The summed E-state index contributed by atoms with van der Waals surface area (Å²) in [5.41, 5.74) is 2.13. The molecular formula is C13H17N3O4S. The lowest BCUT2D eigenvalue weighted by Crippen LogP contribution is -2.57. The molecule has 2 aliphatic rings. The molecule has 1 aromatic rings. The van der Waals surface area contributed by atoms with Gasteiger partial charge in [-0.3, -0.25) is 14.4 Å². The smallest absolute Gasteiger partial charge is 0.266 e. The minimum atomic E-state index is -1.04. The van der Waals surface area contributed by atoms with E-state index in [1.165, 1.54) is 16.2 Å². The first kappa shape index (κ1) is 14.5. The average Bonchev–Trinajstić information content (AvgIpc) is 2.92. The number of nitrogens with zero attached hydrogens (tertiary/aromatic N) is 1. The SMILES string of the molecule is CC(C)Nc1scc2c1C(=O)N([C@@]1(C)CCONO1)C2=O. The highest BCUT2D eigenvalue weighted by Gasteiger charge is 2.50. The maximum atomic E-state index is 12.7. The molecule has 7 nitrogen and oxygen atoms in total. The lowest BCUT2D eigenvalue weighted by molar-refractivity contribution is -0.302. The second kappa shape index (κ2) is 5.06. The zero-order valence-electron chi connectivity index (χ0n) is 12.1. The molecule has 2 N–H and O–H groups in total. The van der Waals surface area contributed by atoms with Crippen molar-refractivity contribution in [3.63, 3.8) is 0 Å². The van der Waals surface area contributed by atoms with Crippen molar-refractivity contribution < 1.29 is 19.3 Å². The first-order chi connectivity index (χ1) is 9.94. The van der Waals surface area contributed by atoms with E-state index < -0.39 is 5.72 Å². The summed E-state index contributed by atoms with van der Waals surface area (Å²) < 4.78 is 0. The molecule has 0 saturated carbocycles. The van der Waals surface area contributed by atoms with Crippen LogP contribution in [0.5, 0.6) is 0 Å². The van der Waals surface area contributed by atoms with Crippen molar-refractivity contribution in [2.24, 2.45) is 0 Å². The molecule has 3 rings (SSSR count). The van der Waals surface area contributed by atoms with Gasteiger partial charge in [0.2, 0.25) is 0 Å². The van der Waals surface area contributed by atoms with Crippen LogP contribution >= 0.6 is 11.3 Å². The third kappa shape index (κ3) is 2.24. The molecule has 0 radical (unpaired) electrons. The Kier molecular flexibility index (Phi) is 3.48. The second-order valence-corrected chi connectivity index (χ2v) is 6.44. The van der Waals surface area contributed by atoms with Crippen LogP contribution < -0.4 is 11.0 Å². The van der Waals surface area contributed by atoms with Crippen molar-refractivity contribution in [1.82, 2.24) is 10.5 Å². The molecule has 1 atom stereocenters. The van der Waals surface area contributed by atoms with E-state index in [4.69, 9.17) is 9.68 Å². The Morgan fingerprint density at radius 2 is 2.19 bits per heavy atom. The number of carbonyl (C=O) groups excluding carboxylic acids is 2. The molecule has 1 saturated heterocycles. The highest BCUT2D eigenvalue weighted by atomic mass is 32.1. The molecule has 21 heavy (non-hydrogen) atoms. The van der Waals surface area contributed by atoms with Gasteiger partial charge in [0.1, 0.15) is 5.00 Å². The van der Waals surface area contributed by atoms with Crippen LogP contribution in [0.25, 0.3) is 0 Å². The van der Waals surface area contributed by atoms with Crippen molar-refractivity contribution >= 4 is 28.2 Å². The number of amides is 2. The van der Waals surface area contributed by atoms with Gasteiger partial charge >= 0.3 is 0 Å². The van der Waals surface area contributed by atoms with Crippen molar-refractivity contribution in [1.29, 1.82) is 0 Å². The molecule has 0 aromatic carbocycles. The molecule has 8 heteroatoms. The van der Waals surface area contributed by atoms with E-state index in [0.717, 1.165) is 5.00 Å². The van der Waals surface area contributed by atoms with Crippen LogP contribution in [0.15, 0.2) is 5.38 Å². The van der Waals surface area contributed by atoms with E-state index in [2.05, 4.69) is 11.0 Å². The van der Waals surface area contributed by atoms with Gasteiger partial charge in [0, 0.05) is 17.8 Å². The fraction of sp³-hybridized carbons (Fsp3) is 0.538. The van der Waals surface area contributed by atoms with Crippen LogP contribution in [0, 0.1) is 0 Å². The summed E-state index contributed by atoms with van der Waals surface area (Å²) in [5.74, 6) is -0.653. The normalized spacial score (nSPS) is 25.6.